The maximum absolute atomic E-state index is 12.3. The fourth-order valence-electron chi connectivity index (χ4n) is 2.15. The SMILES string of the molecule is COC(=O)/C=C/c1ccc(C(=O)C(=O)c2ccc(/C=C/C(=O)O)cc2)cc1. The van der Waals surface area contributed by atoms with Crippen LogP contribution in [0.4, 0.5) is 0 Å². The predicted octanol–water partition coefficient (Wildman–Crippen LogP) is 3.04. The summed E-state index contributed by atoms with van der Waals surface area (Å²) in [7, 11) is 1.27. The summed E-state index contributed by atoms with van der Waals surface area (Å²) in [5.41, 5.74) is 1.72. The molecule has 0 saturated heterocycles. The van der Waals surface area contributed by atoms with E-state index in [2.05, 4.69) is 4.74 Å². The zero-order valence-corrected chi connectivity index (χ0v) is 14.4. The molecule has 2 rings (SSSR count). The average molecular weight is 364 g/mol. The number of hydrogen-bond donors (Lipinski definition) is 1. The molecule has 0 heterocycles. The Morgan fingerprint density at radius 1 is 0.741 bits per heavy atom. The van der Waals surface area contributed by atoms with Gasteiger partial charge in [-0.05, 0) is 23.3 Å². The van der Waals surface area contributed by atoms with Crippen LogP contribution in [0.5, 0.6) is 0 Å². The molecule has 0 amide bonds. The van der Waals surface area contributed by atoms with Gasteiger partial charge in [0.05, 0.1) is 7.11 Å². The molecule has 2 aromatic rings. The molecule has 0 unspecified atom stereocenters. The van der Waals surface area contributed by atoms with E-state index in [1.165, 1.54) is 49.6 Å². The Balaban J connectivity index is 2.10. The minimum atomic E-state index is -1.07. The fraction of sp³-hybridized carbons (Fsp3) is 0.0476. The second-order valence-electron chi connectivity index (χ2n) is 5.43. The van der Waals surface area contributed by atoms with Gasteiger partial charge in [0.2, 0.25) is 11.6 Å². The quantitative estimate of drug-likeness (QED) is 0.351. The molecule has 0 radical (unpaired) electrons. The van der Waals surface area contributed by atoms with Crippen molar-refractivity contribution in [2.24, 2.45) is 0 Å². The van der Waals surface area contributed by atoms with Crippen LogP contribution >= 0.6 is 0 Å². The summed E-state index contributed by atoms with van der Waals surface area (Å²) in [6, 6.07) is 12.3. The van der Waals surface area contributed by atoms with Gasteiger partial charge < -0.3 is 9.84 Å². The van der Waals surface area contributed by atoms with Gasteiger partial charge in [0, 0.05) is 23.3 Å². The standard InChI is InChI=1S/C21H16O6/c1-27-19(24)13-7-15-4-10-17(11-5-15)21(26)20(25)16-8-2-14(3-9-16)6-12-18(22)23/h2-13H,1H3,(H,22,23)/b12-6+,13-7+. The maximum Gasteiger partial charge on any atom is 0.330 e. The van der Waals surface area contributed by atoms with Gasteiger partial charge in [-0.3, -0.25) is 9.59 Å². The molecule has 1 N–H and O–H groups in total. The van der Waals surface area contributed by atoms with Crippen molar-refractivity contribution in [3.8, 4) is 0 Å². The molecule has 0 bridgehead atoms. The van der Waals surface area contributed by atoms with Crippen LogP contribution in [-0.4, -0.2) is 35.7 Å². The van der Waals surface area contributed by atoms with Crippen LogP contribution in [0.1, 0.15) is 31.8 Å². The lowest BCUT2D eigenvalue weighted by Crippen LogP contribution is -2.14. The Labute approximate surface area is 155 Å². The molecule has 6 heteroatoms. The maximum atomic E-state index is 12.3. The molecule has 0 aliphatic heterocycles. The van der Waals surface area contributed by atoms with E-state index in [0.29, 0.717) is 11.1 Å². The number of methoxy groups -OCH3 is 1. The largest absolute Gasteiger partial charge is 0.478 e. The molecule has 0 fully saturated rings. The van der Waals surface area contributed by atoms with Crippen molar-refractivity contribution in [1.29, 1.82) is 0 Å². The summed E-state index contributed by atoms with van der Waals surface area (Å²) in [4.78, 5) is 46.2. The van der Waals surface area contributed by atoms with E-state index in [4.69, 9.17) is 5.11 Å². The average Bonchev–Trinajstić information content (AvgIpc) is 2.70. The summed E-state index contributed by atoms with van der Waals surface area (Å²) in [5.74, 6) is -2.89. The van der Waals surface area contributed by atoms with Gasteiger partial charge in [0.15, 0.2) is 0 Å². The van der Waals surface area contributed by atoms with Gasteiger partial charge in [-0.15, -0.1) is 0 Å². The second kappa shape index (κ2) is 9.05. The first-order valence-corrected chi connectivity index (χ1v) is 7.87. The second-order valence-corrected chi connectivity index (χ2v) is 5.43. The number of aliphatic carboxylic acids is 1. The summed E-state index contributed by atoms with van der Waals surface area (Å²) in [5, 5.41) is 8.60. The minimum absolute atomic E-state index is 0.210. The normalized spacial score (nSPS) is 10.9. The van der Waals surface area contributed by atoms with Gasteiger partial charge in [-0.25, -0.2) is 9.59 Å². The van der Waals surface area contributed by atoms with Crippen molar-refractivity contribution in [3.63, 3.8) is 0 Å². The van der Waals surface area contributed by atoms with E-state index in [1.54, 1.807) is 24.3 Å². The van der Waals surface area contributed by atoms with Gasteiger partial charge >= 0.3 is 11.9 Å². The first-order valence-electron chi connectivity index (χ1n) is 7.87. The number of carboxylic acid groups (broad SMARTS) is 1. The summed E-state index contributed by atoms with van der Waals surface area (Å²) in [6.07, 6.45) is 5.16. The number of carboxylic acids is 1. The molecule has 136 valence electrons. The lowest BCUT2D eigenvalue weighted by molar-refractivity contribution is -0.135. The molecule has 0 atom stereocenters. The highest BCUT2D eigenvalue weighted by atomic mass is 16.5. The molecule has 6 nitrogen and oxygen atoms in total. The van der Waals surface area contributed by atoms with Crippen LogP contribution in [-0.2, 0) is 14.3 Å². The van der Waals surface area contributed by atoms with E-state index < -0.39 is 23.5 Å². The van der Waals surface area contributed by atoms with Gasteiger partial charge in [-0.2, -0.15) is 0 Å². The number of Topliss-reactive ketones (excluding diaryl/α,β-unsaturated/α-hetero) is 2. The highest BCUT2D eigenvalue weighted by Crippen LogP contribution is 2.12. The predicted molar refractivity (Wildman–Crippen MR) is 99.3 cm³/mol. The third-order valence-electron chi connectivity index (χ3n) is 3.58. The van der Waals surface area contributed by atoms with Gasteiger partial charge in [-0.1, -0.05) is 48.5 Å². The Bertz CT molecular complexity index is 918. The zero-order valence-electron chi connectivity index (χ0n) is 14.4. The van der Waals surface area contributed by atoms with Gasteiger partial charge in [0.1, 0.15) is 0 Å². The van der Waals surface area contributed by atoms with Crippen LogP contribution in [0.3, 0.4) is 0 Å². The zero-order chi connectivity index (χ0) is 19.8. The first kappa shape index (κ1) is 19.5. The van der Waals surface area contributed by atoms with Gasteiger partial charge in [0.25, 0.3) is 0 Å². The lowest BCUT2D eigenvalue weighted by Gasteiger charge is -2.02. The monoisotopic (exact) mass is 364 g/mol. The van der Waals surface area contributed by atoms with Crippen molar-refractivity contribution in [2.75, 3.05) is 7.11 Å². The first-order chi connectivity index (χ1) is 12.9. The van der Waals surface area contributed by atoms with Crippen molar-refractivity contribution in [2.45, 2.75) is 0 Å². The Kier molecular flexibility index (Phi) is 6.55. The third kappa shape index (κ3) is 5.61. The van der Waals surface area contributed by atoms with E-state index in [-0.39, 0.29) is 11.1 Å². The highest BCUT2D eigenvalue weighted by molar-refractivity contribution is 6.49. The Morgan fingerprint density at radius 2 is 1.15 bits per heavy atom. The van der Waals surface area contributed by atoms with Crippen LogP contribution < -0.4 is 0 Å². The number of carbonyl (C=O) groups excluding carboxylic acids is 3. The highest BCUT2D eigenvalue weighted by Gasteiger charge is 2.17. The molecule has 2 aromatic carbocycles. The van der Waals surface area contributed by atoms with E-state index in [0.717, 1.165) is 6.08 Å². The fourth-order valence-corrected chi connectivity index (χ4v) is 2.15. The third-order valence-corrected chi connectivity index (χ3v) is 3.58. The molecular weight excluding hydrogens is 348 g/mol. The number of rotatable bonds is 7. The number of ketones is 2. The number of carbonyl (C=O) groups is 4. The molecule has 0 aliphatic rings. The van der Waals surface area contributed by atoms with Crippen LogP contribution in [0.2, 0.25) is 0 Å². The van der Waals surface area contributed by atoms with Crippen molar-refractivity contribution >= 4 is 35.7 Å². The summed E-state index contributed by atoms with van der Waals surface area (Å²) in [6.45, 7) is 0. The Hall–Kier alpha value is -3.80. The van der Waals surface area contributed by atoms with Crippen molar-refractivity contribution < 1.29 is 29.0 Å². The molecular formula is C21H16O6. The van der Waals surface area contributed by atoms with E-state index in [1.807, 2.05) is 0 Å². The van der Waals surface area contributed by atoms with E-state index in [9.17, 15) is 19.2 Å². The molecule has 0 aliphatic carbocycles. The summed E-state index contributed by atoms with van der Waals surface area (Å²) < 4.78 is 4.49. The number of hydrogen-bond acceptors (Lipinski definition) is 5. The molecule has 0 saturated carbocycles. The number of benzene rings is 2. The Morgan fingerprint density at radius 3 is 1.52 bits per heavy atom. The van der Waals surface area contributed by atoms with Crippen molar-refractivity contribution in [1.82, 2.24) is 0 Å². The number of esters is 1. The number of ether oxygens (including phenoxy) is 1. The van der Waals surface area contributed by atoms with Crippen LogP contribution in [0, 0.1) is 0 Å². The van der Waals surface area contributed by atoms with E-state index >= 15 is 0 Å². The molecule has 0 spiro atoms. The van der Waals surface area contributed by atoms with Crippen LogP contribution in [0.25, 0.3) is 12.2 Å². The molecule has 0 aromatic heterocycles. The summed E-state index contributed by atoms with van der Waals surface area (Å²) >= 11 is 0. The van der Waals surface area contributed by atoms with Crippen LogP contribution in [0.15, 0.2) is 60.7 Å². The minimum Gasteiger partial charge on any atom is -0.478 e. The lowest BCUT2D eigenvalue weighted by atomic mass is 9.99. The topological polar surface area (TPSA) is 97.7 Å². The van der Waals surface area contributed by atoms with Crippen molar-refractivity contribution in [3.05, 3.63) is 82.9 Å². The molecule has 27 heavy (non-hydrogen) atoms. The smallest absolute Gasteiger partial charge is 0.330 e.